The summed E-state index contributed by atoms with van der Waals surface area (Å²) in [5.74, 6) is 0.106. The molecule has 0 aromatic rings. The molecule has 2 N–H and O–H groups in total. The van der Waals surface area contributed by atoms with E-state index in [1.165, 1.54) is 12.8 Å². The van der Waals surface area contributed by atoms with Gasteiger partial charge in [-0.2, -0.15) is 0 Å². The van der Waals surface area contributed by atoms with Crippen molar-refractivity contribution in [2.24, 2.45) is 5.41 Å². The Hall–Kier alpha value is -0.650. The minimum atomic E-state index is -0.0451. The van der Waals surface area contributed by atoms with Crippen LogP contribution in [0, 0.1) is 5.41 Å². The van der Waals surface area contributed by atoms with Gasteiger partial charge in [-0.25, -0.2) is 0 Å². The van der Waals surface area contributed by atoms with Crippen LogP contribution < -0.4 is 5.32 Å². The summed E-state index contributed by atoms with van der Waals surface area (Å²) in [6.07, 6.45) is 4.43. The molecule has 1 aliphatic heterocycles. The van der Waals surface area contributed by atoms with Crippen LogP contribution in [0.1, 0.15) is 32.6 Å². The molecular formula is C15H29N3O2. The largest absolute Gasteiger partial charge is 0.396 e. The van der Waals surface area contributed by atoms with Gasteiger partial charge >= 0.3 is 0 Å². The average Bonchev–Trinajstić information content (AvgIpc) is 2.95. The van der Waals surface area contributed by atoms with Crippen molar-refractivity contribution in [2.75, 3.05) is 52.4 Å². The number of amides is 1. The van der Waals surface area contributed by atoms with E-state index in [1.807, 2.05) is 0 Å². The van der Waals surface area contributed by atoms with Crippen LogP contribution in [0.15, 0.2) is 0 Å². The fraction of sp³-hybridized carbons (Fsp3) is 0.933. The Morgan fingerprint density at radius 1 is 1.15 bits per heavy atom. The number of nitrogens with one attached hydrogen (secondary N) is 1. The third-order valence-electron chi connectivity index (χ3n) is 4.94. The van der Waals surface area contributed by atoms with Gasteiger partial charge in [0, 0.05) is 38.1 Å². The highest BCUT2D eigenvalue weighted by Gasteiger charge is 2.33. The van der Waals surface area contributed by atoms with Crippen molar-refractivity contribution in [2.45, 2.75) is 32.6 Å². The van der Waals surface area contributed by atoms with Gasteiger partial charge in [-0.3, -0.25) is 9.69 Å². The highest BCUT2D eigenvalue weighted by atomic mass is 16.3. The van der Waals surface area contributed by atoms with Gasteiger partial charge in [-0.05, 0) is 19.4 Å². The third-order valence-corrected chi connectivity index (χ3v) is 4.94. The highest BCUT2D eigenvalue weighted by Crippen LogP contribution is 2.36. The quantitative estimate of drug-likeness (QED) is 0.736. The summed E-state index contributed by atoms with van der Waals surface area (Å²) in [5.41, 5.74) is -0.0451. The zero-order valence-electron chi connectivity index (χ0n) is 12.7. The maximum atomic E-state index is 12.0. The molecule has 0 aromatic heterocycles. The van der Waals surface area contributed by atoms with Gasteiger partial charge in [0.1, 0.15) is 0 Å². The summed E-state index contributed by atoms with van der Waals surface area (Å²) in [4.78, 5) is 16.7. The van der Waals surface area contributed by atoms with Gasteiger partial charge in [-0.15, -0.1) is 0 Å². The number of likely N-dealkylation sites (N-methyl/N-ethyl adjacent to an activating group) is 1. The van der Waals surface area contributed by atoms with Crippen LogP contribution in [0.3, 0.4) is 0 Å². The van der Waals surface area contributed by atoms with Gasteiger partial charge in [-0.1, -0.05) is 19.8 Å². The molecule has 1 saturated heterocycles. The summed E-state index contributed by atoms with van der Waals surface area (Å²) in [6, 6.07) is 0. The van der Waals surface area contributed by atoms with Crippen molar-refractivity contribution in [3.8, 4) is 0 Å². The second kappa shape index (κ2) is 7.38. The van der Waals surface area contributed by atoms with Crippen LogP contribution in [0.5, 0.6) is 0 Å². The summed E-state index contributed by atoms with van der Waals surface area (Å²) >= 11 is 0. The van der Waals surface area contributed by atoms with Crippen molar-refractivity contribution in [3.63, 3.8) is 0 Å². The van der Waals surface area contributed by atoms with E-state index < -0.39 is 0 Å². The normalized spacial score (nSPS) is 23.9. The van der Waals surface area contributed by atoms with Crippen molar-refractivity contribution in [1.29, 1.82) is 0 Å². The summed E-state index contributed by atoms with van der Waals surface area (Å²) in [6.45, 7) is 8.68. The number of carbonyl (C=O) groups is 1. The Kier molecular flexibility index (Phi) is 5.81. The molecule has 0 spiro atoms. The molecule has 1 saturated carbocycles. The molecular weight excluding hydrogens is 254 g/mol. The molecule has 0 radical (unpaired) electrons. The van der Waals surface area contributed by atoms with Crippen LogP contribution in [-0.2, 0) is 4.79 Å². The fourth-order valence-electron chi connectivity index (χ4n) is 3.32. The van der Waals surface area contributed by atoms with Gasteiger partial charge in [0.2, 0.25) is 5.91 Å². The SMILES string of the molecule is CCN1CCN(CC(=O)NCC2(CO)CCCC2)CC1. The molecule has 5 nitrogen and oxygen atoms in total. The number of rotatable bonds is 6. The van der Waals surface area contributed by atoms with Gasteiger partial charge < -0.3 is 15.3 Å². The Bertz CT molecular complexity index is 308. The Morgan fingerprint density at radius 3 is 2.30 bits per heavy atom. The minimum absolute atomic E-state index is 0.0451. The van der Waals surface area contributed by atoms with E-state index in [0.717, 1.165) is 45.6 Å². The van der Waals surface area contributed by atoms with Crippen LogP contribution in [-0.4, -0.2) is 73.2 Å². The molecule has 5 heteroatoms. The van der Waals surface area contributed by atoms with Crippen molar-refractivity contribution in [1.82, 2.24) is 15.1 Å². The fourth-order valence-corrected chi connectivity index (χ4v) is 3.32. The lowest BCUT2D eigenvalue weighted by Gasteiger charge is -2.34. The molecule has 0 atom stereocenters. The molecule has 2 aliphatic rings. The van der Waals surface area contributed by atoms with Crippen LogP contribution >= 0.6 is 0 Å². The van der Waals surface area contributed by atoms with E-state index in [0.29, 0.717) is 13.1 Å². The number of aliphatic hydroxyl groups excluding tert-OH is 1. The maximum absolute atomic E-state index is 12.0. The lowest BCUT2D eigenvalue weighted by atomic mass is 9.87. The van der Waals surface area contributed by atoms with E-state index in [4.69, 9.17) is 0 Å². The predicted molar refractivity (Wildman–Crippen MR) is 79.6 cm³/mol. The monoisotopic (exact) mass is 283 g/mol. The highest BCUT2D eigenvalue weighted by molar-refractivity contribution is 5.78. The van der Waals surface area contributed by atoms with Crippen LogP contribution in [0.2, 0.25) is 0 Å². The minimum Gasteiger partial charge on any atom is -0.396 e. The summed E-state index contributed by atoms with van der Waals surface area (Å²) in [7, 11) is 0. The lowest BCUT2D eigenvalue weighted by Crippen LogP contribution is -2.50. The smallest absolute Gasteiger partial charge is 0.234 e. The first-order valence-corrected chi connectivity index (χ1v) is 8.00. The zero-order valence-corrected chi connectivity index (χ0v) is 12.7. The molecule has 20 heavy (non-hydrogen) atoms. The van der Waals surface area contributed by atoms with E-state index in [9.17, 15) is 9.90 Å². The molecule has 116 valence electrons. The van der Waals surface area contributed by atoms with E-state index in [2.05, 4.69) is 22.0 Å². The molecule has 2 rings (SSSR count). The number of hydrogen-bond donors (Lipinski definition) is 2. The summed E-state index contributed by atoms with van der Waals surface area (Å²) < 4.78 is 0. The molecule has 1 aliphatic carbocycles. The summed E-state index contributed by atoms with van der Waals surface area (Å²) in [5, 5.41) is 12.6. The second-order valence-corrected chi connectivity index (χ2v) is 6.35. The number of hydrogen-bond acceptors (Lipinski definition) is 4. The Morgan fingerprint density at radius 2 is 1.75 bits per heavy atom. The number of piperazine rings is 1. The van der Waals surface area contributed by atoms with Crippen LogP contribution in [0.4, 0.5) is 0 Å². The van der Waals surface area contributed by atoms with Gasteiger partial charge in [0.15, 0.2) is 0 Å². The molecule has 0 bridgehead atoms. The van der Waals surface area contributed by atoms with E-state index >= 15 is 0 Å². The second-order valence-electron chi connectivity index (χ2n) is 6.35. The molecule has 1 amide bonds. The van der Waals surface area contributed by atoms with Crippen LogP contribution in [0.25, 0.3) is 0 Å². The molecule has 1 heterocycles. The van der Waals surface area contributed by atoms with Crippen molar-refractivity contribution in [3.05, 3.63) is 0 Å². The first-order chi connectivity index (χ1) is 9.67. The first-order valence-electron chi connectivity index (χ1n) is 8.00. The molecule has 0 unspecified atom stereocenters. The third kappa shape index (κ3) is 4.17. The zero-order chi connectivity index (χ0) is 14.4. The average molecular weight is 283 g/mol. The lowest BCUT2D eigenvalue weighted by molar-refractivity contribution is -0.123. The van der Waals surface area contributed by atoms with Gasteiger partial charge in [0.25, 0.3) is 0 Å². The van der Waals surface area contributed by atoms with Gasteiger partial charge in [0.05, 0.1) is 13.2 Å². The topological polar surface area (TPSA) is 55.8 Å². The van der Waals surface area contributed by atoms with Crippen molar-refractivity contribution >= 4 is 5.91 Å². The standard InChI is InChI=1S/C15H29N3O2/c1-2-17-7-9-18(10-8-17)11-14(20)16-12-15(13-19)5-3-4-6-15/h19H,2-13H2,1H3,(H,16,20). The van der Waals surface area contributed by atoms with E-state index in [1.54, 1.807) is 0 Å². The maximum Gasteiger partial charge on any atom is 0.234 e. The predicted octanol–water partition coefficient (Wildman–Crippen LogP) is 0.293. The number of carbonyl (C=O) groups excluding carboxylic acids is 1. The first kappa shape index (κ1) is 15.7. The Labute approximate surface area is 122 Å². The number of aliphatic hydroxyl groups is 1. The molecule has 0 aromatic carbocycles. The number of nitrogens with zero attached hydrogens (tertiary/aromatic N) is 2. The Balaban J connectivity index is 1.68. The molecule has 2 fully saturated rings. The van der Waals surface area contributed by atoms with Crippen molar-refractivity contribution < 1.29 is 9.90 Å². The van der Waals surface area contributed by atoms with E-state index in [-0.39, 0.29) is 17.9 Å².